The van der Waals surface area contributed by atoms with Gasteiger partial charge in [0.15, 0.2) is 11.5 Å². The Morgan fingerprint density at radius 2 is 1.89 bits per heavy atom. The SMILES string of the molecule is CC(CC(=O)[C@]1(F)CC[C@H](O)c2ncccc21)C12CC3CC(CC(C3)C1)C2. The summed E-state index contributed by atoms with van der Waals surface area (Å²) < 4.78 is 16.0. The zero-order chi connectivity index (χ0) is 18.8. The second kappa shape index (κ2) is 6.10. The molecule has 0 radical (unpaired) electrons. The average Bonchev–Trinajstić information content (AvgIpc) is 2.64. The maximum absolute atomic E-state index is 16.0. The highest BCUT2D eigenvalue weighted by Crippen LogP contribution is 2.63. The fraction of sp³-hybridized carbons (Fsp3) is 0.739. The summed E-state index contributed by atoms with van der Waals surface area (Å²) in [6.45, 7) is 2.19. The fourth-order valence-corrected chi connectivity index (χ4v) is 7.35. The molecular formula is C23H30FNO2. The number of aromatic nitrogens is 1. The minimum absolute atomic E-state index is 0.0687. The first-order chi connectivity index (χ1) is 12.9. The predicted molar refractivity (Wildman–Crippen MR) is 101 cm³/mol. The summed E-state index contributed by atoms with van der Waals surface area (Å²) in [7, 11) is 0. The number of ketones is 1. The van der Waals surface area contributed by atoms with Gasteiger partial charge in [0, 0.05) is 18.2 Å². The van der Waals surface area contributed by atoms with Crippen LogP contribution in [-0.4, -0.2) is 15.9 Å². The topological polar surface area (TPSA) is 50.2 Å². The molecule has 27 heavy (non-hydrogen) atoms. The maximum atomic E-state index is 16.0. The highest BCUT2D eigenvalue weighted by molar-refractivity contribution is 5.89. The number of carbonyl (C=O) groups is 1. The molecule has 0 saturated heterocycles. The number of rotatable bonds is 4. The lowest BCUT2D eigenvalue weighted by molar-refractivity contribution is -0.138. The second-order valence-electron chi connectivity index (χ2n) is 10.1. The summed E-state index contributed by atoms with van der Waals surface area (Å²) in [5.41, 5.74) is -1.08. The van der Waals surface area contributed by atoms with Gasteiger partial charge in [0.05, 0.1) is 11.8 Å². The van der Waals surface area contributed by atoms with Crippen LogP contribution in [0.1, 0.15) is 82.1 Å². The molecule has 3 nitrogen and oxygen atoms in total. The first-order valence-corrected chi connectivity index (χ1v) is 10.8. The molecule has 1 aromatic rings. The van der Waals surface area contributed by atoms with Gasteiger partial charge in [0.2, 0.25) is 0 Å². The molecule has 0 aromatic carbocycles. The van der Waals surface area contributed by atoms with Gasteiger partial charge in [-0.05, 0) is 86.5 Å². The van der Waals surface area contributed by atoms with E-state index in [0.29, 0.717) is 17.7 Å². The molecule has 0 amide bonds. The molecule has 4 fully saturated rings. The number of hydrogen-bond donors (Lipinski definition) is 1. The Hall–Kier alpha value is -1.29. The number of fused-ring (bicyclic) bond motifs is 1. The van der Waals surface area contributed by atoms with E-state index in [1.807, 2.05) is 0 Å². The van der Waals surface area contributed by atoms with Gasteiger partial charge in [-0.15, -0.1) is 0 Å². The molecule has 3 atom stereocenters. The lowest BCUT2D eigenvalue weighted by Crippen LogP contribution is -2.50. The van der Waals surface area contributed by atoms with Crippen molar-refractivity contribution in [3.8, 4) is 0 Å². The third-order valence-corrected chi connectivity index (χ3v) is 8.41. The molecule has 0 spiro atoms. The van der Waals surface area contributed by atoms with E-state index in [0.717, 1.165) is 17.8 Å². The van der Waals surface area contributed by atoms with Crippen molar-refractivity contribution in [2.75, 3.05) is 0 Å². The number of halogens is 1. The fourth-order valence-electron chi connectivity index (χ4n) is 7.35. The van der Waals surface area contributed by atoms with Crippen molar-refractivity contribution in [2.45, 2.75) is 76.5 Å². The van der Waals surface area contributed by atoms with Gasteiger partial charge in [-0.2, -0.15) is 0 Å². The quantitative estimate of drug-likeness (QED) is 0.820. The summed E-state index contributed by atoms with van der Waals surface area (Å²) in [6.07, 6.45) is 9.30. The van der Waals surface area contributed by atoms with Gasteiger partial charge in [0.25, 0.3) is 0 Å². The molecule has 1 heterocycles. The van der Waals surface area contributed by atoms with Crippen LogP contribution in [0.15, 0.2) is 18.3 Å². The molecule has 6 rings (SSSR count). The van der Waals surface area contributed by atoms with E-state index < -0.39 is 11.8 Å². The summed E-state index contributed by atoms with van der Waals surface area (Å²) >= 11 is 0. The average molecular weight is 371 g/mol. The van der Waals surface area contributed by atoms with E-state index in [1.54, 1.807) is 18.3 Å². The zero-order valence-electron chi connectivity index (χ0n) is 16.2. The van der Waals surface area contributed by atoms with Gasteiger partial charge in [0.1, 0.15) is 0 Å². The van der Waals surface area contributed by atoms with E-state index >= 15 is 4.39 Å². The Kier molecular flexibility index (Phi) is 4.02. The summed E-state index contributed by atoms with van der Waals surface area (Å²) in [5.74, 6) is 2.44. The van der Waals surface area contributed by atoms with Crippen molar-refractivity contribution < 1.29 is 14.3 Å². The number of pyridine rings is 1. The Bertz CT molecular complexity index is 727. The minimum Gasteiger partial charge on any atom is -0.387 e. The molecule has 4 saturated carbocycles. The molecule has 146 valence electrons. The number of alkyl halides is 1. The lowest BCUT2D eigenvalue weighted by atomic mass is 9.46. The van der Waals surface area contributed by atoms with Crippen molar-refractivity contribution in [2.24, 2.45) is 29.1 Å². The van der Waals surface area contributed by atoms with E-state index in [4.69, 9.17) is 0 Å². The van der Waals surface area contributed by atoms with E-state index in [2.05, 4.69) is 11.9 Å². The van der Waals surface area contributed by atoms with Gasteiger partial charge in [-0.25, -0.2) is 4.39 Å². The zero-order valence-corrected chi connectivity index (χ0v) is 16.2. The van der Waals surface area contributed by atoms with Crippen LogP contribution in [0.2, 0.25) is 0 Å². The molecule has 1 aromatic heterocycles. The van der Waals surface area contributed by atoms with Gasteiger partial charge >= 0.3 is 0 Å². The molecule has 4 bridgehead atoms. The number of carbonyl (C=O) groups excluding carboxylic acids is 1. The van der Waals surface area contributed by atoms with Crippen LogP contribution < -0.4 is 0 Å². The maximum Gasteiger partial charge on any atom is 0.195 e. The van der Waals surface area contributed by atoms with Crippen LogP contribution in [0.5, 0.6) is 0 Å². The van der Waals surface area contributed by atoms with E-state index in [-0.39, 0.29) is 30.0 Å². The van der Waals surface area contributed by atoms with Crippen LogP contribution in [0, 0.1) is 29.1 Å². The van der Waals surface area contributed by atoms with Crippen LogP contribution in [0.25, 0.3) is 0 Å². The number of Topliss-reactive ketones (excluding diaryl/α,β-unsaturated/α-hetero) is 1. The third-order valence-electron chi connectivity index (χ3n) is 8.41. The predicted octanol–water partition coefficient (Wildman–Crippen LogP) is 4.89. The highest BCUT2D eigenvalue weighted by atomic mass is 19.1. The molecule has 1 N–H and O–H groups in total. The Labute approximate surface area is 160 Å². The molecule has 1 unspecified atom stereocenters. The highest BCUT2D eigenvalue weighted by Gasteiger charge is 2.54. The van der Waals surface area contributed by atoms with E-state index in [9.17, 15) is 9.90 Å². The Morgan fingerprint density at radius 1 is 1.26 bits per heavy atom. The van der Waals surface area contributed by atoms with E-state index in [1.165, 1.54) is 38.5 Å². The monoisotopic (exact) mass is 371 g/mol. The van der Waals surface area contributed by atoms with Gasteiger partial charge in [-0.3, -0.25) is 9.78 Å². The number of hydrogen-bond acceptors (Lipinski definition) is 3. The molecule has 5 aliphatic rings. The van der Waals surface area contributed by atoms with Crippen LogP contribution in [0.3, 0.4) is 0 Å². The lowest BCUT2D eigenvalue weighted by Gasteiger charge is -2.59. The second-order valence-corrected chi connectivity index (χ2v) is 10.1. The van der Waals surface area contributed by atoms with Crippen LogP contribution in [0.4, 0.5) is 4.39 Å². The number of aliphatic hydroxyl groups is 1. The molecule has 0 aliphatic heterocycles. The van der Waals surface area contributed by atoms with Crippen molar-refractivity contribution in [3.63, 3.8) is 0 Å². The molecular weight excluding hydrogens is 341 g/mol. The minimum atomic E-state index is -1.99. The van der Waals surface area contributed by atoms with Crippen molar-refractivity contribution >= 4 is 5.78 Å². The first kappa shape index (κ1) is 17.8. The summed E-state index contributed by atoms with van der Waals surface area (Å²) in [4.78, 5) is 17.4. The van der Waals surface area contributed by atoms with Crippen molar-refractivity contribution in [1.82, 2.24) is 4.98 Å². The van der Waals surface area contributed by atoms with Gasteiger partial charge < -0.3 is 5.11 Å². The first-order valence-electron chi connectivity index (χ1n) is 10.8. The summed E-state index contributed by atoms with van der Waals surface area (Å²) in [5, 5.41) is 10.2. The third kappa shape index (κ3) is 2.70. The van der Waals surface area contributed by atoms with Gasteiger partial charge in [-0.1, -0.05) is 13.0 Å². The standard InChI is InChI=1S/C23H30FNO2/c1-14(22-11-15-8-16(12-22)10-17(9-15)13-22)7-20(27)23(24)5-4-19(26)21-18(23)3-2-6-25-21/h2-3,6,14-17,19,26H,4-5,7-13H2,1H3/t14?,15?,16?,17?,19-,22?,23-/m0/s1. The number of nitrogens with zero attached hydrogens (tertiary/aromatic N) is 1. The number of aliphatic hydroxyl groups excluding tert-OH is 1. The van der Waals surface area contributed by atoms with Crippen molar-refractivity contribution in [1.29, 1.82) is 0 Å². The van der Waals surface area contributed by atoms with Crippen LogP contribution >= 0.6 is 0 Å². The molecule has 5 aliphatic carbocycles. The largest absolute Gasteiger partial charge is 0.387 e. The molecule has 4 heteroatoms. The normalized spacial score (nSPS) is 43.4. The Morgan fingerprint density at radius 3 is 2.52 bits per heavy atom. The van der Waals surface area contributed by atoms with Crippen LogP contribution in [-0.2, 0) is 10.5 Å². The smallest absolute Gasteiger partial charge is 0.195 e. The summed E-state index contributed by atoms with van der Waals surface area (Å²) in [6, 6.07) is 3.30. The van der Waals surface area contributed by atoms with Crippen molar-refractivity contribution in [3.05, 3.63) is 29.6 Å². The Balaban J connectivity index is 1.38.